The van der Waals surface area contributed by atoms with Crippen LogP contribution >= 0.6 is 0 Å². The van der Waals surface area contributed by atoms with E-state index in [4.69, 9.17) is 0 Å². The number of amides is 2. The first-order valence-electron chi connectivity index (χ1n) is 8.43. The molecule has 0 atom stereocenters. The summed E-state index contributed by atoms with van der Waals surface area (Å²) in [6, 6.07) is 5.47. The summed E-state index contributed by atoms with van der Waals surface area (Å²) in [5.41, 5.74) is 2.86. The standard InChI is InChI=1S/C19H19N5O2/c1-20-13-10-12-15-11(17(13)21-2)4-5-14(24-8-6-22-7-9-24)16(15)19(26)23(3)18(12)25/h4-5,10,22H,1-2,6-9H2,3H3. The van der Waals surface area contributed by atoms with Crippen molar-refractivity contribution in [3.8, 4) is 0 Å². The second-order valence-corrected chi connectivity index (χ2v) is 6.40. The van der Waals surface area contributed by atoms with Crippen LogP contribution in [0.25, 0.3) is 10.8 Å². The van der Waals surface area contributed by atoms with E-state index < -0.39 is 0 Å². The average Bonchev–Trinajstić information content (AvgIpc) is 2.69. The monoisotopic (exact) mass is 349 g/mol. The van der Waals surface area contributed by atoms with E-state index >= 15 is 0 Å². The highest BCUT2D eigenvalue weighted by Gasteiger charge is 2.35. The maximum absolute atomic E-state index is 13.0. The summed E-state index contributed by atoms with van der Waals surface area (Å²) in [5, 5.41) is 4.64. The molecule has 1 saturated heterocycles. The van der Waals surface area contributed by atoms with Gasteiger partial charge in [0, 0.05) is 44.0 Å². The molecule has 132 valence electrons. The number of nitrogens with zero attached hydrogens (tertiary/aromatic N) is 4. The van der Waals surface area contributed by atoms with Gasteiger partial charge < -0.3 is 10.2 Å². The topological polar surface area (TPSA) is 77.4 Å². The number of hydrogen-bond donors (Lipinski definition) is 1. The number of carbonyl (C=O) groups excluding carboxylic acids is 2. The fraction of sp³-hybridized carbons (Fsp3) is 0.263. The second kappa shape index (κ2) is 6.03. The first-order chi connectivity index (χ1) is 12.6. The maximum atomic E-state index is 13.0. The predicted molar refractivity (Wildman–Crippen MR) is 104 cm³/mol. The summed E-state index contributed by atoms with van der Waals surface area (Å²) in [6.45, 7) is 10.5. The van der Waals surface area contributed by atoms with Crippen molar-refractivity contribution in [1.29, 1.82) is 0 Å². The molecule has 26 heavy (non-hydrogen) atoms. The molecule has 2 aromatic carbocycles. The molecule has 0 aromatic heterocycles. The minimum absolute atomic E-state index is 0.295. The lowest BCUT2D eigenvalue weighted by molar-refractivity contribution is 0.0651. The number of carbonyl (C=O) groups is 2. The number of piperazine rings is 1. The third-order valence-corrected chi connectivity index (χ3v) is 5.07. The Morgan fingerprint density at radius 2 is 1.81 bits per heavy atom. The fourth-order valence-corrected chi connectivity index (χ4v) is 3.77. The summed E-state index contributed by atoms with van der Waals surface area (Å²) in [5.74, 6) is -0.638. The van der Waals surface area contributed by atoms with E-state index in [2.05, 4.69) is 33.6 Å². The Morgan fingerprint density at radius 3 is 2.46 bits per heavy atom. The largest absolute Gasteiger partial charge is 0.368 e. The van der Waals surface area contributed by atoms with Gasteiger partial charge in [-0.15, -0.1) is 0 Å². The Labute approximate surface area is 151 Å². The zero-order valence-electron chi connectivity index (χ0n) is 14.6. The minimum Gasteiger partial charge on any atom is -0.368 e. The molecule has 2 aliphatic rings. The molecule has 0 bridgehead atoms. The van der Waals surface area contributed by atoms with Crippen molar-refractivity contribution in [3.63, 3.8) is 0 Å². The number of hydrogen-bond acceptors (Lipinski definition) is 6. The normalized spacial score (nSPS) is 17.0. The lowest BCUT2D eigenvalue weighted by Gasteiger charge is -2.34. The number of rotatable bonds is 3. The minimum atomic E-state index is -0.342. The molecular formula is C19H19N5O2. The molecule has 0 spiro atoms. The Hall–Kier alpha value is -3.06. The molecular weight excluding hydrogens is 330 g/mol. The first kappa shape index (κ1) is 16.4. The summed E-state index contributed by atoms with van der Waals surface area (Å²) >= 11 is 0. The van der Waals surface area contributed by atoms with Crippen molar-refractivity contribution in [2.45, 2.75) is 0 Å². The first-order valence-corrected chi connectivity index (χ1v) is 8.43. The van der Waals surface area contributed by atoms with Crippen LogP contribution in [0.1, 0.15) is 20.7 Å². The lowest BCUT2D eigenvalue weighted by atomic mass is 9.90. The predicted octanol–water partition coefficient (Wildman–Crippen LogP) is 2.14. The van der Waals surface area contributed by atoms with E-state index in [0.717, 1.165) is 36.8 Å². The maximum Gasteiger partial charge on any atom is 0.263 e. The Bertz CT molecular complexity index is 976. The van der Waals surface area contributed by atoms with Gasteiger partial charge in [0.05, 0.1) is 28.2 Å². The Balaban J connectivity index is 2.11. The van der Waals surface area contributed by atoms with Gasteiger partial charge in [0.25, 0.3) is 11.8 Å². The van der Waals surface area contributed by atoms with Crippen LogP contribution in [0.15, 0.2) is 28.2 Å². The van der Waals surface area contributed by atoms with Crippen molar-refractivity contribution in [2.24, 2.45) is 9.98 Å². The quantitative estimate of drug-likeness (QED) is 0.680. The van der Waals surface area contributed by atoms with Crippen LogP contribution in [0.4, 0.5) is 17.1 Å². The highest BCUT2D eigenvalue weighted by molar-refractivity contribution is 6.29. The van der Waals surface area contributed by atoms with Gasteiger partial charge in [0.1, 0.15) is 0 Å². The number of anilines is 1. The molecule has 2 aromatic rings. The van der Waals surface area contributed by atoms with Crippen molar-refractivity contribution < 1.29 is 9.59 Å². The van der Waals surface area contributed by atoms with Crippen LogP contribution in [0.5, 0.6) is 0 Å². The second-order valence-electron chi connectivity index (χ2n) is 6.40. The van der Waals surface area contributed by atoms with Crippen LogP contribution < -0.4 is 10.2 Å². The van der Waals surface area contributed by atoms with Gasteiger partial charge in [0.2, 0.25) is 0 Å². The Morgan fingerprint density at radius 1 is 1.08 bits per heavy atom. The zero-order chi connectivity index (χ0) is 18.4. The molecule has 0 radical (unpaired) electrons. The summed E-state index contributed by atoms with van der Waals surface area (Å²) in [4.78, 5) is 37.2. The van der Waals surface area contributed by atoms with Crippen molar-refractivity contribution >= 4 is 53.1 Å². The lowest BCUT2D eigenvalue weighted by Crippen LogP contribution is -2.45. The molecule has 7 nitrogen and oxygen atoms in total. The van der Waals surface area contributed by atoms with E-state index in [1.165, 1.54) is 7.05 Å². The average molecular weight is 349 g/mol. The molecule has 0 saturated carbocycles. The van der Waals surface area contributed by atoms with Crippen LogP contribution in [-0.4, -0.2) is 63.4 Å². The van der Waals surface area contributed by atoms with Gasteiger partial charge in [-0.05, 0) is 31.6 Å². The van der Waals surface area contributed by atoms with E-state index in [9.17, 15) is 9.59 Å². The van der Waals surface area contributed by atoms with Gasteiger partial charge in [-0.25, -0.2) is 0 Å². The zero-order valence-corrected chi connectivity index (χ0v) is 14.6. The van der Waals surface area contributed by atoms with Gasteiger partial charge >= 0.3 is 0 Å². The highest BCUT2D eigenvalue weighted by Crippen LogP contribution is 2.44. The van der Waals surface area contributed by atoms with Gasteiger partial charge in [-0.3, -0.25) is 24.5 Å². The van der Waals surface area contributed by atoms with Crippen molar-refractivity contribution in [2.75, 3.05) is 38.1 Å². The molecule has 2 aliphatic heterocycles. The third kappa shape index (κ3) is 2.17. The highest BCUT2D eigenvalue weighted by atomic mass is 16.2. The molecule has 1 fully saturated rings. The van der Waals surface area contributed by atoms with E-state index in [0.29, 0.717) is 33.3 Å². The molecule has 2 heterocycles. The summed E-state index contributed by atoms with van der Waals surface area (Å²) < 4.78 is 0. The molecule has 7 heteroatoms. The Kier molecular flexibility index (Phi) is 3.81. The van der Waals surface area contributed by atoms with Crippen molar-refractivity contribution in [1.82, 2.24) is 10.2 Å². The SMILES string of the molecule is C=Nc1cc2c3c(c(N4CCNCC4)ccc3c1N=C)C(=O)N(C)C2=O. The van der Waals surface area contributed by atoms with Gasteiger partial charge in [0.15, 0.2) is 0 Å². The van der Waals surface area contributed by atoms with Crippen LogP contribution in [0.2, 0.25) is 0 Å². The third-order valence-electron chi connectivity index (χ3n) is 5.07. The molecule has 0 unspecified atom stereocenters. The number of imide groups is 1. The molecule has 4 rings (SSSR count). The molecule has 1 N–H and O–H groups in total. The summed E-state index contributed by atoms with van der Waals surface area (Å²) in [6.07, 6.45) is 0. The summed E-state index contributed by atoms with van der Waals surface area (Å²) in [7, 11) is 1.51. The number of aliphatic imine (C=N–C) groups is 2. The van der Waals surface area contributed by atoms with Gasteiger partial charge in [-0.1, -0.05) is 0 Å². The van der Waals surface area contributed by atoms with Crippen molar-refractivity contribution in [3.05, 3.63) is 29.3 Å². The molecule has 0 aliphatic carbocycles. The van der Waals surface area contributed by atoms with Crippen LogP contribution in [0.3, 0.4) is 0 Å². The molecule has 2 amide bonds. The number of benzene rings is 2. The van der Waals surface area contributed by atoms with Crippen LogP contribution in [0, 0.1) is 0 Å². The van der Waals surface area contributed by atoms with E-state index in [-0.39, 0.29) is 11.8 Å². The fourth-order valence-electron chi connectivity index (χ4n) is 3.77. The van der Waals surface area contributed by atoms with Crippen LogP contribution in [-0.2, 0) is 0 Å². The van der Waals surface area contributed by atoms with Gasteiger partial charge in [-0.2, -0.15) is 0 Å². The van der Waals surface area contributed by atoms with E-state index in [1.54, 1.807) is 6.07 Å². The van der Waals surface area contributed by atoms with E-state index in [1.807, 2.05) is 12.1 Å². The smallest absolute Gasteiger partial charge is 0.263 e. The number of nitrogens with one attached hydrogen (secondary N) is 1.